The molecule has 0 radical (unpaired) electrons. The highest BCUT2D eigenvalue weighted by atomic mass is 16.5. The molecule has 1 aliphatic rings. The number of amides is 2. The van der Waals surface area contributed by atoms with Gasteiger partial charge in [-0.2, -0.15) is 0 Å². The monoisotopic (exact) mass is 438 g/mol. The molecule has 2 amide bonds. The van der Waals surface area contributed by atoms with Gasteiger partial charge in [0.25, 0.3) is 0 Å². The van der Waals surface area contributed by atoms with E-state index in [-0.39, 0.29) is 37.3 Å². The molecule has 170 valence electrons. The molecule has 0 bridgehead atoms. The first kappa shape index (κ1) is 23.5. The smallest absolute Gasteiger partial charge is 0.408 e. The number of carbonyl (C=O) groups excluding carboxylic acids is 3. The van der Waals surface area contributed by atoms with Crippen molar-refractivity contribution in [3.05, 3.63) is 71.8 Å². The van der Waals surface area contributed by atoms with E-state index in [2.05, 4.69) is 5.32 Å². The van der Waals surface area contributed by atoms with Crippen LogP contribution in [0.25, 0.3) is 0 Å². The van der Waals surface area contributed by atoms with E-state index in [0.717, 1.165) is 11.1 Å². The summed E-state index contributed by atoms with van der Waals surface area (Å²) in [5.41, 5.74) is 1.82. The third kappa shape index (κ3) is 6.92. The number of hydrogen-bond acceptors (Lipinski definition) is 5. The number of nitrogens with zero attached hydrogens (tertiary/aromatic N) is 1. The van der Waals surface area contributed by atoms with Crippen molar-refractivity contribution in [3.8, 4) is 0 Å². The predicted molar refractivity (Wildman–Crippen MR) is 120 cm³/mol. The topological polar surface area (TPSA) is 84.9 Å². The highest BCUT2D eigenvalue weighted by molar-refractivity contribution is 5.95. The van der Waals surface area contributed by atoms with Crippen molar-refractivity contribution >= 4 is 17.8 Å². The molecule has 1 N–H and O–H groups in total. The number of hydrogen-bond donors (Lipinski definition) is 1. The number of ketones is 1. The molecular weight excluding hydrogens is 408 g/mol. The second-order valence-corrected chi connectivity index (χ2v) is 8.36. The Morgan fingerprint density at radius 1 is 1.00 bits per heavy atom. The standard InChI is InChI=1S/C25H30N2O5/c1-18(2)13-21(26-25(30)32-17-20-11-7-4-8-12-20)24(29)27-14-22(28)23(15-27)31-16-19-9-5-3-6-10-19/h3-12,18,21,23H,13-17H2,1-2H3,(H,26,30)/t21-,23?/m0/s1. The van der Waals surface area contributed by atoms with Crippen LogP contribution in [0.2, 0.25) is 0 Å². The van der Waals surface area contributed by atoms with E-state index in [0.29, 0.717) is 13.0 Å². The normalized spacial score (nSPS) is 16.8. The van der Waals surface area contributed by atoms with Crippen molar-refractivity contribution in [3.63, 3.8) is 0 Å². The number of carbonyl (C=O) groups is 3. The molecular formula is C25H30N2O5. The molecule has 32 heavy (non-hydrogen) atoms. The van der Waals surface area contributed by atoms with Gasteiger partial charge in [-0.05, 0) is 23.5 Å². The molecule has 1 heterocycles. The Balaban J connectivity index is 1.55. The van der Waals surface area contributed by atoms with Gasteiger partial charge in [-0.25, -0.2) is 4.79 Å². The number of likely N-dealkylation sites (tertiary alicyclic amines) is 1. The lowest BCUT2D eigenvalue weighted by Crippen LogP contribution is -2.49. The van der Waals surface area contributed by atoms with Gasteiger partial charge in [0.15, 0.2) is 5.78 Å². The lowest BCUT2D eigenvalue weighted by Gasteiger charge is -2.25. The van der Waals surface area contributed by atoms with E-state index in [1.807, 2.05) is 74.5 Å². The SMILES string of the molecule is CC(C)C[C@H](NC(=O)OCc1ccccc1)C(=O)N1CC(=O)C(OCc2ccccc2)C1. The summed E-state index contributed by atoms with van der Waals surface area (Å²) in [5.74, 6) is -0.263. The molecule has 0 aliphatic carbocycles. The summed E-state index contributed by atoms with van der Waals surface area (Å²) in [6.07, 6.45) is -0.876. The maximum absolute atomic E-state index is 13.1. The van der Waals surface area contributed by atoms with Crippen LogP contribution in [0.15, 0.2) is 60.7 Å². The number of nitrogens with one attached hydrogen (secondary N) is 1. The van der Waals surface area contributed by atoms with E-state index in [1.54, 1.807) is 0 Å². The van der Waals surface area contributed by atoms with Gasteiger partial charge in [0.2, 0.25) is 5.91 Å². The Bertz CT molecular complexity index is 901. The maximum atomic E-state index is 13.1. The molecule has 2 aromatic carbocycles. The van der Waals surface area contributed by atoms with E-state index in [1.165, 1.54) is 4.90 Å². The van der Waals surface area contributed by atoms with Crippen molar-refractivity contribution in [1.82, 2.24) is 10.2 Å². The van der Waals surface area contributed by atoms with Gasteiger partial charge in [0.05, 0.1) is 19.7 Å². The van der Waals surface area contributed by atoms with Crippen LogP contribution in [-0.2, 0) is 32.3 Å². The van der Waals surface area contributed by atoms with Crippen LogP contribution in [0.1, 0.15) is 31.4 Å². The van der Waals surface area contributed by atoms with Crippen LogP contribution in [0.4, 0.5) is 4.79 Å². The van der Waals surface area contributed by atoms with Crippen molar-refractivity contribution < 1.29 is 23.9 Å². The molecule has 2 atom stereocenters. The summed E-state index contributed by atoms with van der Waals surface area (Å²) >= 11 is 0. The average molecular weight is 439 g/mol. The highest BCUT2D eigenvalue weighted by Gasteiger charge is 2.37. The first-order valence-electron chi connectivity index (χ1n) is 10.9. The first-order valence-corrected chi connectivity index (χ1v) is 10.9. The summed E-state index contributed by atoms with van der Waals surface area (Å²) in [6, 6.07) is 18.1. The van der Waals surface area contributed by atoms with E-state index in [9.17, 15) is 14.4 Å². The molecule has 1 aliphatic heterocycles. The maximum Gasteiger partial charge on any atom is 0.408 e. The lowest BCUT2D eigenvalue weighted by molar-refractivity contribution is -0.134. The van der Waals surface area contributed by atoms with Crippen LogP contribution < -0.4 is 5.32 Å². The fourth-order valence-electron chi connectivity index (χ4n) is 3.56. The molecule has 1 saturated heterocycles. The van der Waals surface area contributed by atoms with Crippen LogP contribution in [0.5, 0.6) is 0 Å². The zero-order valence-electron chi connectivity index (χ0n) is 18.5. The second-order valence-electron chi connectivity index (χ2n) is 8.36. The Kier molecular flexibility index (Phi) is 8.39. The zero-order chi connectivity index (χ0) is 22.9. The van der Waals surface area contributed by atoms with Gasteiger partial charge in [0, 0.05) is 0 Å². The van der Waals surface area contributed by atoms with Crippen LogP contribution in [0.3, 0.4) is 0 Å². The number of benzene rings is 2. The van der Waals surface area contributed by atoms with Crippen molar-refractivity contribution in [1.29, 1.82) is 0 Å². The Morgan fingerprint density at radius 3 is 2.19 bits per heavy atom. The zero-order valence-corrected chi connectivity index (χ0v) is 18.5. The van der Waals surface area contributed by atoms with Gasteiger partial charge in [-0.1, -0.05) is 74.5 Å². The summed E-state index contributed by atoms with van der Waals surface area (Å²) in [5, 5.41) is 2.68. The molecule has 0 aromatic heterocycles. The van der Waals surface area contributed by atoms with Crippen molar-refractivity contribution in [2.24, 2.45) is 5.92 Å². The molecule has 7 heteroatoms. The third-order valence-electron chi connectivity index (χ3n) is 5.21. The van der Waals surface area contributed by atoms with Crippen LogP contribution >= 0.6 is 0 Å². The number of alkyl carbamates (subject to hydrolysis) is 1. The minimum absolute atomic E-state index is 0.0202. The molecule has 7 nitrogen and oxygen atoms in total. The highest BCUT2D eigenvalue weighted by Crippen LogP contribution is 2.16. The summed E-state index contributed by atoms with van der Waals surface area (Å²) < 4.78 is 11.0. The Morgan fingerprint density at radius 2 is 1.59 bits per heavy atom. The number of Topliss-reactive ketones (excluding diaryl/α,β-unsaturated/α-hetero) is 1. The summed E-state index contributed by atoms with van der Waals surface area (Å²) in [4.78, 5) is 39.3. The third-order valence-corrected chi connectivity index (χ3v) is 5.21. The summed E-state index contributed by atoms with van der Waals surface area (Å²) in [6.45, 7) is 4.52. The van der Waals surface area contributed by atoms with Crippen LogP contribution in [-0.4, -0.2) is 47.9 Å². The predicted octanol–water partition coefficient (Wildman–Crippen LogP) is 3.32. The fourth-order valence-corrected chi connectivity index (χ4v) is 3.56. The van der Waals surface area contributed by atoms with Gasteiger partial charge in [0.1, 0.15) is 18.8 Å². The minimum Gasteiger partial charge on any atom is -0.445 e. The van der Waals surface area contributed by atoms with E-state index < -0.39 is 18.2 Å². The molecule has 0 saturated carbocycles. The first-order chi connectivity index (χ1) is 15.4. The van der Waals surface area contributed by atoms with E-state index in [4.69, 9.17) is 9.47 Å². The summed E-state index contributed by atoms with van der Waals surface area (Å²) in [7, 11) is 0. The molecule has 1 fully saturated rings. The van der Waals surface area contributed by atoms with Crippen LogP contribution in [0, 0.1) is 5.92 Å². The minimum atomic E-state index is -0.765. The quantitative estimate of drug-likeness (QED) is 0.649. The van der Waals surface area contributed by atoms with Crippen molar-refractivity contribution in [2.45, 2.75) is 45.6 Å². The van der Waals surface area contributed by atoms with E-state index >= 15 is 0 Å². The Labute approximate surface area is 188 Å². The number of rotatable bonds is 9. The molecule has 1 unspecified atom stereocenters. The van der Waals surface area contributed by atoms with Gasteiger partial charge >= 0.3 is 6.09 Å². The largest absolute Gasteiger partial charge is 0.445 e. The Hall–Kier alpha value is -3.19. The van der Waals surface area contributed by atoms with Gasteiger partial charge < -0.3 is 19.7 Å². The number of ether oxygens (including phenoxy) is 2. The average Bonchev–Trinajstić information content (AvgIpc) is 3.17. The molecule has 3 rings (SSSR count). The second kappa shape index (κ2) is 11.4. The van der Waals surface area contributed by atoms with Crippen molar-refractivity contribution in [2.75, 3.05) is 13.1 Å². The van der Waals surface area contributed by atoms with Gasteiger partial charge in [-0.15, -0.1) is 0 Å². The fraction of sp³-hybridized carbons (Fsp3) is 0.400. The molecule has 0 spiro atoms. The van der Waals surface area contributed by atoms with Gasteiger partial charge in [-0.3, -0.25) is 9.59 Å². The lowest BCUT2D eigenvalue weighted by atomic mass is 10.0. The molecule has 2 aromatic rings.